The third-order valence-electron chi connectivity index (χ3n) is 5.19. The first kappa shape index (κ1) is 23.9. The molecule has 1 amide bonds. The Bertz CT molecular complexity index is 736. The minimum atomic E-state index is -0.0271. The lowest BCUT2D eigenvalue weighted by Crippen LogP contribution is -3.11. The van der Waals surface area contributed by atoms with E-state index in [1.54, 1.807) is 4.90 Å². The molecule has 0 saturated heterocycles. The Morgan fingerprint density at radius 3 is 2.43 bits per heavy atom. The average molecular weight is 414 g/mol. The van der Waals surface area contributed by atoms with E-state index in [0.29, 0.717) is 18.7 Å². The van der Waals surface area contributed by atoms with Crippen molar-refractivity contribution in [1.82, 2.24) is 5.32 Å². The van der Waals surface area contributed by atoms with E-state index in [1.807, 2.05) is 24.3 Å². The van der Waals surface area contributed by atoms with Crippen molar-refractivity contribution in [3.8, 4) is 5.75 Å². The number of quaternary nitrogens is 2. The van der Waals surface area contributed by atoms with Gasteiger partial charge in [-0.2, -0.15) is 0 Å². The van der Waals surface area contributed by atoms with Crippen LogP contribution in [0.1, 0.15) is 42.1 Å². The van der Waals surface area contributed by atoms with Gasteiger partial charge in [0.15, 0.2) is 0 Å². The maximum absolute atomic E-state index is 12.3. The summed E-state index contributed by atoms with van der Waals surface area (Å²) in [6.45, 7) is 7.93. The lowest BCUT2D eigenvalue weighted by atomic mass is 10.2. The number of hydrogen-bond acceptors (Lipinski definition) is 2. The van der Waals surface area contributed by atoms with E-state index in [0.717, 1.165) is 38.2 Å². The van der Waals surface area contributed by atoms with Crippen molar-refractivity contribution < 1.29 is 19.3 Å². The number of amides is 1. The number of rotatable bonds is 14. The molecule has 2 rings (SSSR count). The Morgan fingerprint density at radius 2 is 1.67 bits per heavy atom. The van der Waals surface area contributed by atoms with Crippen molar-refractivity contribution in [2.45, 2.75) is 32.7 Å². The second kappa shape index (κ2) is 13.8. The smallest absolute Gasteiger partial charge is 0.251 e. The van der Waals surface area contributed by atoms with Gasteiger partial charge in [-0.15, -0.1) is 0 Å². The molecule has 2 atom stereocenters. The van der Waals surface area contributed by atoms with Crippen LogP contribution in [0.5, 0.6) is 5.75 Å². The van der Waals surface area contributed by atoms with E-state index >= 15 is 0 Å². The summed E-state index contributed by atoms with van der Waals surface area (Å²) >= 11 is 0. The Hall–Kier alpha value is -2.37. The molecule has 3 N–H and O–H groups in total. The standard InChI is InChI=1S/C25H37N3O2/c1-4-19-30-24-14-8-13-23(20-24)25(29)26-15-9-16-27(2)17-10-18-28(3)21-22-11-6-5-7-12-22/h5-8,11-14,20H,4,9-10,15-19,21H2,1-3H3,(H,26,29)/p+2. The summed E-state index contributed by atoms with van der Waals surface area (Å²) in [7, 11) is 4.50. The summed E-state index contributed by atoms with van der Waals surface area (Å²) < 4.78 is 5.61. The first-order valence-corrected chi connectivity index (χ1v) is 11.3. The van der Waals surface area contributed by atoms with Gasteiger partial charge in [-0.25, -0.2) is 0 Å². The summed E-state index contributed by atoms with van der Waals surface area (Å²) in [6, 6.07) is 18.1. The van der Waals surface area contributed by atoms with Crippen LogP contribution in [-0.2, 0) is 6.54 Å². The molecule has 2 unspecified atom stereocenters. The minimum Gasteiger partial charge on any atom is -0.494 e. The SMILES string of the molecule is CCCOc1cccc(C(=O)NCCC[NH+](C)CCC[NH+](C)Cc2ccccc2)c1. The molecule has 0 aromatic heterocycles. The van der Waals surface area contributed by atoms with E-state index in [4.69, 9.17) is 4.74 Å². The highest BCUT2D eigenvalue weighted by molar-refractivity contribution is 5.94. The number of ether oxygens (including phenoxy) is 1. The largest absolute Gasteiger partial charge is 0.494 e. The van der Waals surface area contributed by atoms with Crippen LogP contribution in [0, 0.1) is 0 Å². The Morgan fingerprint density at radius 1 is 0.933 bits per heavy atom. The quantitative estimate of drug-likeness (QED) is 0.408. The lowest BCUT2D eigenvalue weighted by molar-refractivity contribution is -0.908. The van der Waals surface area contributed by atoms with Gasteiger partial charge < -0.3 is 19.9 Å². The van der Waals surface area contributed by atoms with Crippen molar-refractivity contribution >= 4 is 5.91 Å². The molecule has 0 fully saturated rings. The number of nitrogens with one attached hydrogen (secondary N) is 3. The molecular weight excluding hydrogens is 374 g/mol. The van der Waals surface area contributed by atoms with Gasteiger partial charge in [-0.3, -0.25) is 4.79 Å². The highest BCUT2D eigenvalue weighted by Crippen LogP contribution is 2.13. The molecule has 5 heteroatoms. The summed E-state index contributed by atoms with van der Waals surface area (Å²) in [6.07, 6.45) is 3.15. The van der Waals surface area contributed by atoms with Gasteiger partial charge in [0.05, 0.1) is 40.3 Å². The number of benzene rings is 2. The van der Waals surface area contributed by atoms with Crippen LogP contribution in [0.2, 0.25) is 0 Å². The second-order valence-electron chi connectivity index (χ2n) is 8.17. The molecule has 2 aromatic rings. The zero-order chi connectivity index (χ0) is 21.6. The molecule has 0 bridgehead atoms. The Labute approximate surface area is 182 Å². The molecule has 0 aliphatic heterocycles. The average Bonchev–Trinajstić information content (AvgIpc) is 2.76. The normalized spacial score (nSPS) is 12.9. The minimum absolute atomic E-state index is 0.0271. The van der Waals surface area contributed by atoms with Gasteiger partial charge >= 0.3 is 0 Å². The third-order valence-corrected chi connectivity index (χ3v) is 5.19. The van der Waals surface area contributed by atoms with Gasteiger partial charge in [0, 0.05) is 30.5 Å². The lowest BCUT2D eigenvalue weighted by Gasteiger charge is -2.17. The Balaban J connectivity index is 1.57. The van der Waals surface area contributed by atoms with Crippen molar-refractivity contribution in [3.05, 3.63) is 65.7 Å². The van der Waals surface area contributed by atoms with Gasteiger partial charge in [0.2, 0.25) is 0 Å². The maximum Gasteiger partial charge on any atom is 0.251 e. The third kappa shape index (κ3) is 9.42. The summed E-state index contributed by atoms with van der Waals surface area (Å²) in [5.41, 5.74) is 2.06. The zero-order valence-electron chi connectivity index (χ0n) is 18.9. The first-order valence-electron chi connectivity index (χ1n) is 11.3. The molecule has 30 heavy (non-hydrogen) atoms. The van der Waals surface area contributed by atoms with E-state index in [2.05, 4.69) is 56.7 Å². The van der Waals surface area contributed by atoms with Crippen LogP contribution < -0.4 is 19.9 Å². The highest BCUT2D eigenvalue weighted by atomic mass is 16.5. The molecule has 0 saturated carbocycles. The van der Waals surface area contributed by atoms with Crippen molar-refractivity contribution in [3.63, 3.8) is 0 Å². The predicted molar refractivity (Wildman–Crippen MR) is 122 cm³/mol. The van der Waals surface area contributed by atoms with Gasteiger partial charge in [0.1, 0.15) is 12.3 Å². The summed E-state index contributed by atoms with van der Waals surface area (Å²) in [4.78, 5) is 15.4. The van der Waals surface area contributed by atoms with Crippen LogP contribution in [0.3, 0.4) is 0 Å². The predicted octanol–water partition coefficient (Wildman–Crippen LogP) is 1.22. The molecule has 164 valence electrons. The maximum atomic E-state index is 12.3. The summed E-state index contributed by atoms with van der Waals surface area (Å²) in [5.74, 6) is 0.730. The van der Waals surface area contributed by atoms with Crippen molar-refractivity contribution in [2.75, 3.05) is 46.9 Å². The molecule has 5 nitrogen and oxygen atoms in total. The zero-order valence-corrected chi connectivity index (χ0v) is 18.9. The van der Waals surface area contributed by atoms with Gasteiger partial charge in [-0.05, 0) is 24.6 Å². The number of carbonyl (C=O) groups excluding carboxylic acids is 1. The van der Waals surface area contributed by atoms with Crippen LogP contribution in [-0.4, -0.2) is 52.8 Å². The van der Waals surface area contributed by atoms with Gasteiger partial charge in [-0.1, -0.05) is 43.3 Å². The fourth-order valence-electron chi connectivity index (χ4n) is 3.49. The van der Waals surface area contributed by atoms with Crippen LogP contribution in [0.15, 0.2) is 54.6 Å². The summed E-state index contributed by atoms with van der Waals surface area (Å²) in [5, 5.41) is 3.03. The van der Waals surface area contributed by atoms with E-state index in [-0.39, 0.29) is 5.91 Å². The molecule has 0 aliphatic carbocycles. The van der Waals surface area contributed by atoms with Crippen LogP contribution >= 0.6 is 0 Å². The van der Waals surface area contributed by atoms with E-state index in [9.17, 15) is 4.79 Å². The second-order valence-corrected chi connectivity index (χ2v) is 8.17. The van der Waals surface area contributed by atoms with Crippen molar-refractivity contribution in [1.29, 1.82) is 0 Å². The van der Waals surface area contributed by atoms with Crippen LogP contribution in [0.4, 0.5) is 0 Å². The fraction of sp³-hybridized carbons (Fsp3) is 0.480. The van der Waals surface area contributed by atoms with E-state index < -0.39 is 0 Å². The fourth-order valence-corrected chi connectivity index (χ4v) is 3.49. The first-order chi connectivity index (χ1) is 14.6. The number of carbonyl (C=O) groups is 1. The Kier molecular flexibility index (Phi) is 11.0. The number of hydrogen-bond donors (Lipinski definition) is 3. The molecule has 0 heterocycles. The van der Waals surface area contributed by atoms with E-state index in [1.165, 1.54) is 23.4 Å². The van der Waals surface area contributed by atoms with Crippen molar-refractivity contribution in [2.24, 2.45) is 0 Å². The molecular formula is C25H39N3O2+2. The van der Waals surface area contributed by atoms with Gasteiger partial charge in [0.25, 0.3) is 5.91 Å². The molecule has 2 aromatic carbocycles. The molecule has 0 aliphatic rings. The molecule has 0 radical (unpaired) electrons. The van der Waals surface area contributed by atoms with Crippen LogP contribution in [0.25, 0.3) is 0 Å². The molecule has 0 spiro atoms. The monoisotopic (exact) mass is 413 g/mol. The topological polar surface area (TPSA) is 47.2 Å². The highest BCUT2D eigenvalue weighted by Gasteiger charge is 2.09.